The van der Waals surface area contributed by atoms with Crippen molar-refractivity contribution >= 4 is 40.0 Å². The molecule has 1 atom stereocenters. The minimum atomic E-state index is -0.639. The Kier molecular flexibility index (Phi) is 6.46. The molecule has 1 N–H and O–H groups in total. The molecular weight excluding hydrogens is 513 g/mol. The maximum atomic E-state index is 13.2. The Hall–Kier alpha value is -2.93. The van der Waals surface area contributed by atoms with Crippen LogP contribution in [0.2, 0.25) is 0 Å². The van der Waals surface area contributed by atoms with Gasteiger partial charge in [0.1, 0.15) is 5.76 Å². The minimum absolute atomic E-state index is 0.115. The van der Waals surface area contributed by atoms with Crippen LogP contribution in [0.1, 0.15) is 33.9 Å². The molecule has 1 saturated heterocycles. The minimum Gasteiger partial charge on any atom is -0.507 e. The third-order valence-electron chi connectivity index (χ3n) is 5.86. The second-order valence-corrected chi connectivity index (χ2v) is 9.34. The van der Waals surface area contributed by atoms with Crippen molar-refractivity contribution in [2.75, 3.05) is 6.54 Å². The van der Waals surface area contributed by atoms with Crippen LogP contribution in [-0.4, -0.2) is 28.2 Å². The van der Waals surface area contributed by atoms with Crippen LogP contribution in [0.3, 0.4) is 0 Å². The molecule has 1 amide bonds. The van der Waals surface area contributed by atoms with E-state index in [1.165, 1.54) is 0 Å². The zero-order valence-electron chi connectivity index (χ0n) is 18.0. The van der Waals surface area contributed by atoms with Crippen molar-refractivity contribution in [3.05, 3.63) is 110 Å². The van der Waals surface area contributed by atoms with E-state index in [9.17, 15) is 14.7 Å². The highest BCUT2D eigenvalue weighted by molar-refractivity contribution is 14.1. The lowest BCUT2D eigenvalue weighted by molar-refractivity contribution is -0.139. The molecule has 0 aromatic heterocycles. The van der Waals surface area contributed by atoms with E-state index in [0.717, 1.165) is 25.8 Å². The van der Waals surface area contributed by atoms with E-state index >= 15 is 0 Å². The Balaban J connectivity index is 1.82. The molecule has 5 heteroatoms. The second-order valence-electron chi connectivity index (χ2n) is 8.10. The number of halogens is 1. The van der Waals surface area contributed by atoms with Gasteiger partial charge in [-0.05, 0) is 77.7 Å². The summed E-state index contributed by atoms with van der Waals surface area (Å²) in [5.41, 5.74) is 4.46. The summed E-state index contributed by atoms with van der Waals surface area (Å²) in [5.74, 6) is -1.33. The molecule has 1 heterocycles. The van der Waals surface area contributed by atoms with E-state index in [4.69, 9.17) is 0 Å². The molecule has 3 aromatic rings. The first-order valence-corrected chi connectivity index (χ1v) is 11.6. The van der Waals surface area contributed by atoms with Crippen molar-refractivity contribution in [1.82, 2.24) is 4.90 Å². The molecule has 1 fully saturated rings. The SMILES string of the molecule is Cc1ccc(C)c(/C(O)=C2\C(=O)C(=O)N(CCc3ccccc3)C2c2ccc(I)cc2)c1. The fourth-order valence-corrected chi connectivity index (χ4v) is 4.49. The Morgan fingerprint density at radius 3 is 2.34 bits per heavy atom. The first-order valence-electron chi connectivity index (χ1n) is 10.5. The summed E-state index contributed by atoms with van der Waals surface area (Å²) in [6, 6.07) is 22.7. The van der Waals surface area contributed by atoms with Gasteiger partial charge in [-0.15, -0.1) is 0 Å². The molecule has 1 aliphatic heterocycles. The zero-order chi connectivity index (χ0) is 22.8. The number of likely N-dealkylation sites (tertiary alicyclic amines) is 1. The summed E-state index contributed by atoms with van der Waals surface area (Å²) in [7, 11) is 0. The lowest BCUT2D eigenvalue weighted by Crippen LogP contribution is -2.31. The van der Waals surface area contributed by atoms with Crippen molar-refractivity contribution in [2.24, 2.45) is 0 Å². The smallest absolute Gasteiger partial charge is 0.295 e. The number of aryl methyl sites for hydroxylation is 2. The van der Waals surface area contributed by atoms with Crippen LogP contribution in [0, 0.1) is 17.4 Å². The fraction of sp³-hybridized carbons (Fsp3) is 0.185. The molecule has 0 bridgehead atoms. The van der Waals surface area contributed by atoms with Gasteiger partial charge in [0.25, 0.3) is 11.7 Å². The Bertz CT molecular complexity index is 1200. The topological polar surface area (TPSA) is 57.6 Å². The molecular formula is C27H24INO3. The number of aliphatic hydroxyl groups excluding tert-OH is 1. The highest BCUT2D eigenvalue weighted by atomic mass is 127. The van der Waals surface area contributed by atoms with Gasteiger partial charge in [0.05, 0.1) is 11.6 Å². The Labute approximate surface area is 201 Å². The molecule has 32 heavy (non-hydrogen) atoms. The fourth-order valence-electron chi connectivity index (χ4n) is 4.13. The number of hydrogen-bond acceptors (Lipinski definition) is 3. The highest BCUT2D eigenvalue weighted by Gasteiger charge is 2.45. The van der Waals surface area contributed by atoms with Gasteiger partial charge < -0.3 is 10.0 Å². The molecule has 0 radical (unpaired) electrons. The number of nitrogens with zero attached hydrogens (tertiary/aromatic N) is 1. The van der Waals surface area contributed by atoms with Crippen molar-refractivity contribution in [3.63, 3.8) is 0 Å². The number of benzene rings is 3. The van der Waals surface area contributed by atoms with Gasteiger partial charge in [-0.2, -0.15) is 0 Å². The van der Waals surface area contributed by atoms with Crippen LogP contribution in [0.5, 0.6) is 0 Å². The number of amides is 1. The number of Topliss-reactive ketones (excluding diaryl/α,β-unsaturated/α-hetero) is 1. The number of carbonyl (C=O) groups excluding carboxylic acids is 2. The largest absolute Gasteiger partial charge is 0.507 e. The predicted octanol–water partition coefficient (Wildman–Crippen LogP) is 5.57. The van der Waals surface area contributed by atoms with Crippen molar-refractivity contribution < 1.29 is 14.7 Å². The quantitative estimate of drug-likeness (QED) is 0.200. The van der Waals surface area contributed by atoms with E-state index in [1.54, 1.807) is 4.90 Å². The van der Waals surface area contributed by atoms with Gasteiger partial charge in [0.2, 0.25) is 0 Å². The van der Waals surface area contributed by atoms with Gasteiger partial charge in [-0.3, -0.25) is 9.59 Å². The molecule has 4 nitrogen and oxygen atoms in total. The standard InChI is InChI=1S/C27H24INO3/c1-17-8-9-18(2)22(16-17)25(30)23-24(20-10-12-21(28)13-11-20)29(27(32)26(23)31)15-14-19-6-4-3-5-7-19/h3-13,16,24,30H,14-15H2,1-2H3/b25-23+. The predicted molar refractivity (Wildman–Crippen MR) is 134 cm³/mol. The summed E-state index contributed by atoms with van der Waals surface area (Å²) in [6.45, 7) is 4.21. The third kappa shape index (κ3) is 4.35. The normalized spacial score (nSPS) is 17.7. The van der Waals surface area contributed by atoms with E-state index in [0.29, 0.717) is 18.5 Å². The molecule has 162 valence electrons. The summed E-state index contributed by atoms with van der Waals surface area (Å²) in [6.07, 6.45) is 0.623. The molecule has 0 aliphatic carbocycles. The molecule has 0 saturated carbocycles. The Morgan fingerprint density at radius 2 is 1.66 bits per heavy atom. The lowest BCUT2D eigenvalue weighted by atomic mass is 9.93. The molecule has 1 unspecified atom stereocenters. The van der Waals surface area contributed by atoms with E-state index in [2.05, 4.69) is 22.6 Å². The highest BCUT2D eigenvalue weighted by Crippen LogP contribution is 2.40. The summed E-state index contributed by atoms with van der Waals surface area (Å²) in [5, 5.41) is 11.3. The number of aliphatic hydroxyl groups is 1. The van der Waals surface area contributed by atoms with Crippen LogP contribution in [0.15, 0.2) is 78.4 Å². The van der Waals surface area contributed by atoms with Crippen molar-refractivity contribution in [2.45, 2.75) is 26.3 Å². The van der Waals surface area contributed by atoms with Crippen LogP contribution in [0.4, 0.5) is 0 Å². The second kappa shape index (κ2) is 9.28. The maximum absolute atomic E-state index is 13.2. The molecule has 0 spiro atoms. The summed E-state index contributed by atoms with van der Waals surface area (Å²) in [4.78, 5) is 27.9. The van der Waals surface area contributed by atoms with E-state index in [1.807, 2.05) is 86.6 Å². The first-order chi connectivity index (χ1) is 15.4. The van der Waals surface area contributed by atoms with Crippen LogP contribution in [-0.2, 0) is 16.0 Å². The average Bonchev–Trinajstić information content (AvgIpc) is 3.05. The summed E-state index contributed by atoms with van der Waals surface area (Å²) < 4.78 is 1.06. The van der Waals surface area contributed by atoms with Gasteiger partial charge in [0.15, 0.2) is 0 Å². The van der Waals surface area contributed by atoms with Gasteiger partial charge >= 0.3 is 0 Å². The number of carbonyl (C=O) groups is 2. The number of rotatable bonds is 5. The monoisotopic (exact) mass is 537 g/mol. The average molecular weight is 537 g/mol. The first kappa shape index (κ1) is 22.3. The lowest BCUT2D eigenvalue weighted by Gasteiger charge is -2.25. The molecule has 4 rings (SSSR count). The number of ketones is 1. The zero-order valence-corrected chi connectivity index (χ0v) is 20.2. The van der Waals surface area contributed by atoms with E-state index < -0.39 is 17.7 Å². The summed E-state index contributed by atoms with van der Waals surface area (Å²) >= 11 is 2.22. The maximum Gasteiger partial charge on any atom is 0.295 e. The van der Waals surface area contributed by atoms with E-state index in [-0.39, 0.29) is 11.3 Å². The van der Waals surface area contributed by atoms with Gasteiger partial charge in [0, 0.05) is 15.7 Å². The van der Waals surface area contributed by atoms with Crippen LogP contribution in [0.25, 0.3) is 5.76 Å². The van der Waals surface area contributed by atoms with Gasteiger partial charge in [-0.1, -0.05) is 60.2 Å². The van der Waals surface area contributed by atoms with Gasteiger partial charge in [-0.25, -0.2) is 0 Å². The van der Waals surface area contributed by atoms with Crippen LogP contribution >= 0.6 is 22.6 Å². The Morgan fingerprint density at radius 1 is 0.969 bits per heavy atom. The third-order valence-corrected chi connectivity index (χ3v) is 6.58. The van der Waals surface area contributed by atoms with Crippen molar-refractivity contribution in [1.29, 1.82) is 0 Å². The number of hydrogen-bond donors (Lipinski definition) is 1. The molecule has 1 aliphatic rings. The molecule has 3 aromatic carbocycles. The van der Waals surface area contributed by atoms with Crippen LogP contribution < -0.4 is 0 Å². The van der Waals surface area contributed by atoms with Crippen molar-refractivity contribution in [3.8, 4) is 0 Å².